The number of benzene rings is 2. The van der Waals surface area contributed by atoms with Crippen LogP contribution in [0.15, 0.2) is 54.6 Å². The van der Waals surface area contributed by atoms with Gasteiger partial charge in [0.05, 0.1) is 23.9 Å². The summed E-state index contributed by atoms with van der Waals surface area (Å²) in [5.41, 5.74) is 0.942. The number of nitrogens with one attached hydrogen (secondary N) is 1. The molecule has 0 saturated carbocycles. The van der Waals surface area contributed by atoms with Gasteiger partial charge in [0, 0.05) is 6.08 Å². The molecule has 0 bridgehead atoms. The molecule has 0 aliphatic rings. The first-order valence-corrected chi connectivity index (χ1v) is 8.65. The standard InChI is InChI=1S/C19H18N2O3S/c1-23-15-7-3-4-8-16(15)24-13-12-20-18(22)10-11-19-21-14-6-2-5-9-17(14)25-19/h2-11H,12-13H2,1H3,(H,20,22)/b11-10+. The Balaban J connectivity index is 1.46. The molecule has 1 amide bonds. The lowest BCUT2D eigenvalue weighted by molar-refractivity contribution is -0.116. The van der Waals surface area contributed by atoms with Crippen LogP contribution in [0.3, 0.4) is 0 Å². The van der Waals surface area contributed by atoms with Gasteiger partial charge in [-0.2, -0.15) is 0 Å². The zero-order chi connectivity index (χ0) is 17.5. The van der Waals surface area contributed by atoms with Crippen molar-refractivity contribution >= 4 is 33.5 Å². The number of rotatable bonds is 7. The van der Waals surface area contributed by atoms with Crippen LogP contribution in [0.1, 0.15) is 5.01 Å². The quantitative estimate of drug-likeness (QED) is 0.521. The number of carbonyl (C=O) groups excluding carboxylic acids is 1. The molecule has 0 fully saturated rings. The summed E-state index contributed by atoms with van der Waals surface area (Å²) in [5.74, 6) is 1.15. The van der Waals surface area contributed by atoms with E-state index in [1.165, 1.54) is 6.08 Å². The number of thiazole rings is 1. The molecule has 2 aromatic carbocycles. The fourth-order valence-electron chi connectivity index (χ4n) is 2.24. The predicted molar refractivity (Wildman–Crippen MR) is 100 cm³/mol. The summed E-state index contributed by atoms with van der Waals surface area (Å²) in [5, 5.41) is 3.59. The van der Waals surface area contributed by atoms with Gasteiger partial charge in [0.1, 0.15) is 11.6 Å². The van der Waals surface area contributed by atoms with Crippen molar-refractivity contribution in [1.29, 1.82) is 0 Å². The second kappa shape index (κ2) is 8.30. The van der Waals surface area contributed by atoms with Crippen LogP contribution in [-0.2, 0) is 4.79 Å². The number of nitrogens with zero attached hydrogens (tertiary/aromatic N) is 1. The lowest BCUT2D eigenvalue weighted by atomic mass is 10.3. The van der Waals surface area contributed by atoms with E-state index < -0.39 is 0 Å². The Kier molecular flexibility index (Phi) is 5.64. The highest BCUT2D eigenvalue weighted by Gasteiger charge is 2.03. The highest BCUT2D eigenvalue weighted by molar-refractivity contribution is 7.19. The topological polar surface area (TPSA) is 60.5 Å². The van der Waals surface area contributed by atoms with Crippen LogP contribution >= 0.6 is 11.3 Å². The molecule has 3 rings (SSSR count). The summed E-state index contributed by atoms with van der Waals surface area (Å²) >= 11 is 1.55. The monoisotopic (exact) mass is 354 g/mol. The second-order valence-electron chi connectivity index (χ2n) is 5.14. The van der Waals surface area contributed by atoms with E-state index in [0.717, 1.165) is 15.2 Å². The molecule has 5 nitrogen and oxygen atoms in total. The average Bonchev–Trinajstić information content (AvgIpc) is 3.07. The van der Waals surface area contributed by atoms with Gasteiger partial charge < -0.3 is 14.8 Å². The van der Waals surface area contributed by atoms with Gasteiger partial charge in [0.25, 0.3) is 0 Å². The van der Waals surface area contributed by atoms with E-state index in [-0.39, 0.29) is 5.91 Å². The van der Waals surface area contributed by atoms with Crippen LogP contribution in [0.5, 0.6) is 11.5 Å². The Morgan fingerprint density at radius 1 is 1.16 bits per heavy atom. The summed E-state index contributed by atoms with van der Waals surface area (Å²) < 4.78 is 11.9. The fourth-order valence-corrected chi connectivity index (χ4v) is 3.11. The molecule has 1 N–H and O–H groups in total. The second-order valence-corrected chi connectivity index (χ2v) is 6.21. The van der Waals surface area contributed by atoms with Crippen molar-refractivity contribution in [3.63, 3.8) is 0 Å². The molecule has 6 heteroatoms. The van der Waals surface area contributed by atoms with Gasteiger partial charge in [-0.15, -0.1) is 11.3 Å². The van der Waals surface area contributed by atoms with Gasteiger partial charge in [-0.05, 0) is 30.3 Å². The summed E-state index contributed by atoms with van der Waals surface area (Å²) in [6.45, 7) is 0.766. The molecule has 0 saturated heterocycles. The maximum Gasteiger partial charge on any atom is 0.244 e. The normalized spacial score (nSPS) is 10.9. The molecule has 0 radical (unpaired) electrons. The third-order valence-corrected chi connectivity index (χ3v) is 4.42. The molecular formula is C19H18N2O3S. The van der Waals surface area contributed by atoms with Crippen LogP contribution in [-0.4, -0.2) is 31.2 Å². The van der Waals surface area contributed by atoms with Crippen LogP contribution < -0.4 is 14.8 Å². The van der Waals surface area contributed by atoms with E-state index in [1.54, 1.807) is 24.5 Å². The first-order chi connectivity index (χ1) is 12.3. The zero-order valence-electron chi connectivity index (χ0n) is 13.8. The van der Waals surface area contributed by atoms with Crippen molar-refractivity contribution in [3.8, 4) is 11.5 Å². The number of aromatic nitrogens is 1. The van der Waals surface area contributed by atoms with Gasteiger partial charge in [-0.1, -0.05) is 24.3 Å². The van der Waals surface area contributed by atoms with Crippen molar-refractivity contribution < 1.29 is 14.3 Å². The number of para-hydroxylation sites is 3. The average molecular weight is 354 g/mol. The van der Waals surface area contributed by atoms with E-state index in [1.807, 2.05) is 48.5 Å². The highest BCUT2D eigenvalue weighted by Crippen LogP contribution is 2.25. The van der Waals surface area contributed by atoms with Gasteiger partial charge in [0.15, 0.2) is 11.5 Å². The molecule has 128 valence electrons. The third-order valence-electron chi connectivity index (χ3n) is 3.42. The Labute approximate surface area is 149 Å². The molecule has 3 aromatic rings. The maximum absolute atomic E-state index is 11.9. The number of hydrogen-bond donors (Lipinski definition) is 1. The summed E-state index contributed by atoms with van der Waals surface area (Å²) in [6, 6.07) is 15.3. The molecular weight excluding hydrogens is 336 g/mol. The first-order valence-electron chi connectivity index (χ1n) is 7.83. The Bertz CT molecular complexity index is 856. The van der Waals surface area contributed by atoms with Crippen LogP contribution in [0.25, 0.3) is 16.3 Å². The number of ether oxygens (including phenoxy) is 2. The summed E-state index contributed by atoms with van der Waals surface area (Å²) in [6.07, 6.45) is 3.21. The van der Waals surface area contributed by atoms with E-state index in [9.17, 15) is 4.79 Å². The molecule has 0 spiro atoms. The number of fused-ring (bicyclic) bond motifs is 1. The van der Waals surface area contributed by atoms with Crippen molar-refractivity contribution in [2.24, 2.45) is 0 Å². The van der Waals surface area contributed by atoms with E-state index >= 15 is 0 Å². The zero-order valence-corrected chi connectivity index (χ0v) is 14.6. The summed E-state index contributed by atoms with van der Waals surface area (Å²) in [7, 11) is 1.59. The molecule has 1 heterocycles. The van der Waals surface area contributed by atoms with E-state index in [2.05, 4.69) is 10.3 Å². The highest BCUT2D eigenvalue weighted by atomic mass is 32.1. The van der Waals surface area contributed by atoms with Gasteiger partial charge in [0.2, 0.25) is 5.91 Å². The summed E-state index contributed by atoms with van der Waals surface area (Å²) in [4.78, 5) is 16.3. The smallest absolute Gasteiger partial charge is 0.244 e. The minimum atomic E-state index is -0.178. The molecule has 0 atom stereocenters. The molecule has 0 aliphatic carbocycles. The first kappa shape index (κ1) is 17.0. The van der Waals surface area contributed by atoms with Crippen LogP contribution in [0.2, 0.25) is 0 Å². The van der Waals surface area contributed by atoms with Crippen molar-refractivity contribution in [3.05, 3.63) is 59.6 Å². The SMILES string of the molecule is COc1ccccc1OCCNC(=O)/C=C/c1nc2ccccc2s1. The Morgan fingerprint density at radius 2 is 1.92 bits per heavy atom. The van der Waals surface area contributed by atoms with Crippen molar-refractivity contribution in [2.75, 3.05) is 20.3 Å². The molecule has 25 heavy (non-hydrogen) atoms. The van der Waals surface area contributed by atoms with E-state index in [4.69, 9.17) is 9.47 Å². The minimum absolute atomic E-state index is 0.178. The molecule has 0 aliphatic heterocycles. The fraction of sp³-hybridized carbons (Fsp3) is 0.158. The van der Waals surface area contributed by atoms with E-state index in [0.29, 0.717) is 24.7 Å². The van der Waals surface area contributed by atoms with Crippen LogP contribution in [0.4, 0.5) is 0 Å². The lowest BCUT2D eigenvalue weighted by Crippen LogP contribution is -2.26. The van der Waals surface area contributed by atoms with Gasteiger partial charge in [-0.25, -0.2) is 4.98 Å². The van der Waals surface area contributed by atoms with Crippen molar-refractivity contribution in [2.45, 2.75) is 0 Å². The predicted octanol–water partition coefficient (Wildman–Crippen LogP) is 3.51. The number of carbonyl (C=O) groups is 1. The number of hydrogen-bond acceptors (Lipinski definition) is 5. The van der Waals surface area contributed by atoms with Crippen molar-refractivity contribution in [1.82, 2.24) is 10.3 Å². The molecule has 0 unspecified atom stereocenters. The van der Waals surface area contributed by atoms with Crippen LogP contribution in [0, 0.1) is 0 Å². The maximum atomic E-state index is 11.9. The largest absolute Gasteiger partial charge is 0.493 e. The molecule has 1 aromatic heterocycles. The lowest BCUT2D eigenvalue weighted by Gasteiger charge is -2.10. The Morgan fingerprint density at radius 3 is 2.72 bits per heavy atom. The number of methoxy groups -OCH3 is 1. The third kappa shape index (κ3) is 4.58. The van der Waals surface area contributed by atoms with Gasteiger partial charge in [-0.3, -0.25) is 4.79 Å². The Hall–Kier alpha value is -2.86. The number of amides is 1. The minimum Gasteiger partial charge on any atom is -0.493 e. The van der Waals surface area contributed by atoms with Gasteiger partial charge >= 0.3 is 0 Å².